The number of methoxy groups -OCH3 is 2. The lowest BCUT2D eigenvalue weighted by Gasteiger charge is -2.09. The second-order valence-corrected chi connectivity index (χ2v) is 3.59. The molecule has 6 heteroatoms. The van der Waals surface area contributed by atoms with Crippen LogP contribution in [0.1, 0.15) is 5.69 Å². The summed E-state index contributed by atoms with van der Waals surface area (Å²) in [4.78, 5) is 0. The molecule has 0 amide bonds. The minimum atomic E-state index is 0.326. The lowest BCUT2D eigenvalue weighted by atomic mass is 10.2. The minimum absolute atomic E-state index is 0.326. The summed E-state index contributed by atoms with van der Waals surface area (Å²) in [5.74, 6) is 1.74. The van der Waals surface area contributed by atoms with Gasteiger partial charge in [-0.25, -0.2) is 4.68 Å². The molecular weight excluding hydrogens is 242 g/mol. The fourth-order valence-electron chi connectivity index (χ4n) is 1.45. The lowest BCUT2D eigenvalue weighted by Crippen LogP contribution is -1.99. The molecule has 0 bridgehead atoms. The number of nitrogens with zero attached hydrogens (tertiary/aromatic N) is 3. The van der Waals surface area contributed by atoms with E-state index in [0.29, 0.717) is 17.3 Å². The van der Waals surface area contributed by atoms with Gasteiger partial charge < -0.3 is 9.47 Å². The van der Waals surface area contributed by atoms with Crippen molar-refractivity contribution >= 4 is 11.6 Å². The third-order valence-corrected chi connectivity index (χ3v) is 2.58. The Labute approximate surface area is 104 Å². The molecule has 5 nitrogen and oxygen atoms in total. The van der Waals surface area contributed by atoms with Gasteiger partial charge in [-0.2, -0.15) is 0 Å². The molecule has 0 atom stereocenters. The van der Waals surface area contributed by atoms with Crippen molar-refractivity contribution in [2.45, 2.75) is 5.88 Å². The summed E-state index contributed by atoms with van der Waals surface area (Å²) in [5.41, 5.74) is 1.47. The van der Waals surface area contributed by atoms with Crippen LogP contribution >= 0.6 is 11.6 Å². The quantitative estimate of drug-likeness (QED) is 0.783. The SMILES string of the molecule is COc1ccc(OC)c(-n2cc(CCl)nn2)c1. The average molecular weight is 254 g/mol. The molecule has 1 aromatic carbocycles. The van der Waals surface area contributed by atoms with E-state index in [1.165, 1.54) is 0 Å². The summed E-state index contributed by atoms with van der Waals surface area (Å²) in [5, 5.41) is 7.91. The van der Waals surface area contributed by atoms with Gasteiger partial charge in [0.05, 0.1) is 32.0 Å². The number of hydrogen-bond acceptors (Lipinski definition) is 4. The van der Waals surface area contributed by atoms with Crippen LogP contribution in [0, 0.1) is 0 Å². The molecule has 0 unspecified atom stereocenters. The molecule has 0 spiro atoms. The highest BCUT2D eigenvalue weighted by molar-refractivity contribution is 6.16. The molecule has 0 saturated carbocycles. The molecule has 17 heavy (non-hydrogen) atoms. The van der Waals surface area contributed by atoms with Gasteiger partial charge in [0, 0.05) is 6.07 Å². The van der Waals surface area contributed by atoms with E-state index >= 15 is 0 Å². The molecule has 0 N–H and O–H groups in total. The van der Waals surface area contributed by atoms with Gasteiger partial charge in [0.25, 0.3) is 0 Å². The van der Waals surface area contributed by atoms with Crippen LogP contribution in [-0.2, 0) is 5.88 Å². The zero-order valence-electron chi connectivity index (χ0n) is 9.55. The predicted octanol–water partition coefficient (Wildman–Crippen LogP) is 2.02. The third kappa shape index (κ3) is 2.34. The number of benzene rings is 1. The van der Waals surface area contributed by atoms with Crippen LogP contribution < -0.4 is 9.47 Å². The van der Waals surface area contributed by atoms with Crippen LogP contribution in [0.3, 0.4) is 0 Å². The molecule has 2 rings (SSSR count). The first-order chi connectivity index (χ1) is 8.28. The van der Waals surface area contributed by atoms with Crippen molar-refractivity contribution in [2.75, 3.05) is 14.2 Å². The van der Waals surface area contributed by atoms with E-state index in [1.54, 1.807) is 25.1 Å². The maximum absolute atomic E-state index is 5.69. The highest BCUT2D eigenvalue weighted by Gasteiger charge is 2.09. The number of alkyl halides is 1. The first-order valence-corrected chi connectivity index (χ1v) is 5.51. The molecule has 0 radical (unpaired) electrons. The van der Waals surface area contributed by atoms with Crippen LogP contribution in [0.2, 0.25) is 0 Å². The first-order valence-electron chi connectivity index (χ1n) is 4.98. The minimum Gasteiger partial charge on any atom is -0.497 e. The standard InChI is InChI=1S/C11H12ClN3O2/c1-16-9-3-4-11(17-2)10(5-9)15-7-8(6-12)13-14-15/h3-5,7H,6H2,1-2H3. The fraction of sp³-hybridized carbons (Fsp3) is 0.273. The van der Waals surface area contributed by atoms with Crippen LogP contribution in [0.15, 0.2) is 24.4 Å². The Kier molecular flexibility index (Phi) is 3.49. The Morgan fingerprint density at radius 1 is 1.29 bits per heavy atom. The smallest absolute Gasteiger partial charge is 0.144 e. The summed E-state index contributed by atoms with van der Waals surface area (Å²) in [6, 6.07) is 5.46. The summed E-state index contributed by atoms with van der Waals surface area (Å²) in [6.07, 6.45) is 1.75. The van der Waals surface area contributed by atoms with E-state index in [-0.39, 0.29) is 0 Å². The van der Waals surface area contributed by atoms with E-state index in [4.69, 9.17) is 21.1 Å². The van der Waals surface area contributed by atoms with Gasteiger partial charge >= 0.3 is 0 Å². The van der Waals surface area contributed by atoms with Gasteiger partial charge in [0.1, 0.15) is 17.2 Å². The van der Waals surface area contributed by atoms with Crippen molar-refractivity contribution in [3.8, 4) is 17.2 Å². The maximum Gasteiger partial charge on any atom is 0.144 e. The number of halogens is 1. The van der Waals surface area contributed by atoms with Crippen LogP contribution in [0.25, 0.3) is 5.69 Å². The Morgan fingerprint density at radius 3 is 2.71 bits per heavy atom. The molecule has 1 heterocycles. The number of ether oxygens (including phenoxy) is 2. The van der Waals surface area contributed by atoms with Gasteiger partial charge in [0.2, 0.25) is 0 Å². The topological polar surface area (TPSA) is 49.2 Å². The second-order valence-electron chi connectivity index (χ2n) is 3.33. The molecule has 0 aliphatic heterocycles. The Morgan fingerprint density at radius 2 is 2.12 bits per heavy atom. The number of aromatic nitrogens is 3. The number of hydrogen-bond donors (Lipinski definition) is 0. The lowest BCUT2D eigenvalue weighted by molar-refractivity contribution is 0.400. The molecule has 0 aliphatic carbocycles. The fourth-order valence-corrected chi connectivity index (χ4v) is 1.58. The molecule has 0 saturated heterocycles. The van der Waals surface area contributed by atoms with Crippen LogP contribution in [-0.4, -0.2) is 29.2 Å². The normalized spacial score (nSPS) is 10.3. The Balaban J connectivity index is 2.47. The van der Waals surface area contributed by atoms with E-state index in [2.05, 4.69) is 10.3 Å². The maximum atomic E-state index is 5.69. The van der Waals surface area contributed by atoms with Crippen LogP contribution in [0.5, 0.6) is 11.5 Å². The van der Waals surface area contributed by atoms with E-state index in [0.717, 1.165) is 11.4 Å². The van der Waals surface area contributed by atoms with Crippen molar-refractivity contribution in [1.29, 1.82) is 0 Å². The van der Waals surface area contributed by atoms with Gasteiger partial charge in [0.15, 0.2) is 0 Å². The summed E-state index contributed by atoms with van der Waals surface area (Å²) < 4.78 is 12.0. The van der Waals surface area contributed by atoms with Gasteiger partial charge in [-0.3, -0.25) is 0 Å². The van der Waals surface area contributed by atoms with E-state index < -0.39 is 0 Å². The molecule has 2 aromatic rings. The van der Waals surface area contributed by atoms with Crippen molar-refractivity contribution in [3.05, 3.63) is 30.1 Å². The largest absolute Gasteiger partial charge is 0.497 e. The van der Waals surface area contributed by atoms with Gasteiger partial charge in [-0.15, -0.1) is 16.7 Å². The summed E-state index contributed by atoms with van der Waals surface area (Å²) in [7, 11) is 3.21. The summed E-state index contributed by atoms with van der Waals surface area (Å²) in [6.45, 7) is 0. The first kappa shape index (κ1) is 11.7. The molecule has 0 fully saturated rings. The van der Waals surface area contributed by atoms with E-state index in [1.807, 2.05) is 18.2 Å². The van der Waals surface area contributed by atoms with Gasteiger partial charge in [-0.05, 0) is 12.1 Å². The Bertz CT molecular complexity index is 513. The van der Waals surface area contributed by atoms with Gasteiger partial charge in [-0.1, -0.05) is 5.21 Å². The monoisotopic (exact) mass is 253 g/mol. The summed E-state index contributed by atoms with van der Waals surface area (Å²) >= 11 is 5.69. The van der Waals surface area contributed by atoms with Crippen molar-refractivity contribution in [3.63, 3.8) is 0 Å². The molecule has 0 aliphatic rings. The third-order valence-electron chi connectivity index (χ3n) is 2.31. The van der Waals surface area contributed by atoms with E-state index in [9.17, 15) is 0 Å². The molecule has 1 aromatic heterocycles. The van der Waals surface area contributed by atoms with Crippen LogP contribution in [0.4, 0.5) is 0 Å². The molecule has 90 valence electrons. The van der Waals surface area contributed by atoms with Crippen molar-refractivity contribution in [2.24, 2.45) is 0 Å². The highest BCUT2D eigenvalue weighted by atomic mass is 35.5. The van der Waals surface area contributed by atoms with Crippen molar-refractivity contribution < 1.29 is 9.47 Å². The number of rotatable bonds is 4. The van der Waals surface area contributed by atoms with Crippen molar-refractivity contribution in [1.82, 2.24) is 15.0 Å². The average Bonchev–Trinajstić information content (AvgIpc) is 2.86. The molecular formula is C11H12ClN3O2. The zero-order valence-corrected chi connectivity index (χ0v) is 10.3. The highest BCUT2D eigenvalue weighted by Crippen LogP contribution is 2.26. The second kappa shape index (κ2) is 5.05. The zero-order chi connectivity index (χ0) is 12.3. The predicted molar refractivity (Wildman–Crippen MR) is 64.0 cm³/mol. The Hall–Kier alpha value is -1.75.